The first-order chi connectivity index (χ1) is 16.0. The molecule has 1 atom stereocenters. The molecule has 0 saturated carbocycles. The summed E-state index contributed by atoms with van der Waals surface area (Å²) in [6, 6.07) is 10.7. The number of likely N-dealkylation sites (tertiary alicyclic amines) is 1. The van der Waals surface area contributed by atoms with Crippen LogP contribution >= 0.6 is 0 Å². The Morgan fingerprint density at radius 3 is 2.67 bits per heavy atom. The van der Waals surface area contributed by atoms with Crippen molar-refractivity contribution < 1.29 is 9.53 Å². The lowest BCUT2D eigenvalue weighted by atomic mass is 9.72. The quantitative estimate of drug-likeness (QED) is 0.601. The molecule has 0 aliphatic carbocycles. The van der Waals surface area contributed by atoms with Crippen molar-refractivity contribution in [2.24, 2.45) is 5.92 Å². The van der Waals surface area contributed by atoms with Crippen molar-refractivity contribution in [2.75, 3.05) is 26.3 Å². The first-order valence-corrected chi connectivity index (χ1v) is 12.3. The zero-order chi connectivity index (χ0) is 22.8. The SMILES string of the molecule is Cc1cc(C)cc(C2(C(=O)N3CCCC(Cc4ccc5nccn5n4)CC3)CCOCC2)c1. The van der Waals surface area contributed by atoms with Crippen molar-refractivity contribution in [3.05, 3.63) is 65.1 Å². The van der Waals surface area contributed by atoms with Gasteiger partial charge in [0.2, 0.25) is 5.91 Å². The number of hydrogen-bond acceptors (Lipinski definition) is 4. The van der Waals surface area contributed by atoms with Gasteiger partial charge in [0.1, 0.15) is 0 Å². The van der Waals surface area contributed by atoms with Gasteiger partial charge >= 0.3 is 0 Å². The summed E-state index contributed by atoms with van der Waals surface area (Å²) in [5.41, 5.74) is 5.14. The van der Waals surface area contributed by atoms with Gasteiger partial charge in [0.15, 0.2) is 5.65 Å². The van der Waals surface area contributed by atoms with E-state index in [1.165, 1.54) is 16.7 Å². The number of imidazole rings is 1. The summed E-state index contributed by atoms with van der Waals surface area (Å²) in [5.74, 6) is 0.845. The van der Waals surface area contributed by atoms with Gasteiger partial charge in [-0.25, -0.2) is 9.50 Å². The van der Waals surface area contributed by atoms with Crippen LogP contribution in [0.25, 0.3) is 5.65 Å². The molecule has 33 heavy (non-hydrogen) atoms. The average Bonchev–Trinajstić information content (AvgIpc) is 3.16. The molecule has 1 amide bonds. The molecule has 0 N–H and O–H groups in total. The van der Waals surface area contributed by atoms with E-state index in [-0.39, 0.29) is 0 Å². The minimum absolute atomic E-state index is 0.300. The summed E-state index contributed by atoms with van der Waals surface area (Å²) in [7, 11) is 0. The number of ether oxygens (including phenoxy) is 1. The fourth-order valence-electron chi connectivity index (χ4n) is 5.73. The average molecular weight is 447 g/mol. The number of aromatic nitrogens is 3. The molecule has 174 valence electrons. The molecule has 0 bridgehead atoms. The second kappa shape index (κ2) is 9.26. The van der Waals surface area contributed by atoms with Crippen LogP contribution < -0.4 is 0 Å². The molecule has 2 saturated heterocycles. The van der Waals surface area contributed by atoms with Crippen LogP contribution in [0.3, 0.4) is 0 Å². The second-order valence-electron chi connectivity index (χ2n) is 9.92. The number of aryl methyl sites for hydroxylation is 2. The van der Waals surface area contributed by atoms with Crippen molar-refractivity contribution in [1.82, 2.24) is 19.5 Å². The van der Waals surface area contributed by atoms with Crippen molar-refractivity contribution in [2.45, 2.75) is 57.8 Å². The highest BCUT2D eigenvalue weighted by Crippen LogP contribution is 2.38. The van der Waals surface area contributed by atoms with E-state index >= 15 is 0 Å². The van der Waals surface area contributed by atoms with Gasteiger partial charge in [-0.3, -0.25) is 4.79 Å². The normalized spacial score (nSPS) is 21.2. The number of rotatable bonds is 4. The molecule has 2 aliphatic heterocycles. The highest BCUT2D eigenvalue weighted by Gasteiger charge is 2.44. The van der Waals surface area contributed by atoms with E-state index in [1.807, 2.05) is 16.8 Å². The Hall–Kier alpha value is -2.73. The number of amides is 1. The van der Waals surface area contributed by atoms with Crippen molar-refractivity contribution in [1.29, 1.82) is 0 Å². The molecule has 6 heteroatoms. The number of hydrogen-bond donors (Lipinski definition) is 0. The molecule has 1 unspecified atom stereocenters. The van der Waals surface area contributed by atoms with Crippen LogP contribution in [0.4, 0.5) is 0 Å². The standard InChI is InChI=1S/C27H34N4O2/c1-20-16-21(2)18-23(17-20)27(8-14-33-15-9-27)26(32)30-11-3-4-22(7-12-30)19-24-5-6-25-28-10-13-31(25)29-24/h5-6,10,13,16-18,22H,3-4,7-9,11-12,14-15,19H2,1-2H3. The van der Waals surface area contributed by atoms with E-state index in [0.29, 0.717) is 25.0 Å². The summed E-state index contributed by atoms with van der Waals surface area (Å²) in [6.07, 6.45) is 9.36. The number of carbonyl (C=O) groups excluding carboxylic acids is 1. The lowest BCUT2D eigenvalue weighted by Crippen LogP contribution is -2.50. The summed E-state index contributed by atoms with van der Waals surface area (Å²) < 4.78 is 7.54. The lowest BCUT2D eigenvalue weighted by Gasteiger charge is -2.40. The molecular weight excluding hydrogens is 412 g/mol. The van der Waals surface area contributed by atoms with Crippen LogP contribution in [-0.2, 0) is 21.4 Å². The third-order valence-corrected chi connectivity index (χ3v) is 7.47. The molecule has 0 spiro atoms. The summed E-state index contributed by atoms with van der Waals surface area (Å²) in [5, 5.41) is 4.71. The number of carbonyl (C=O) groups is 1. The van der Waals surface area contributed by atoms with Gasteiger partial charge in [-0.2, -0.15) is 5.10 Å². The van der Waals surface area contributed by atoms with Crippen LogP contribution in [0.2, 0.25) is 0 Å². The maximum absolute atomic E-state index is 14.1. The minimum atomic E-state index is -0.455. The van der Waals surface area contributed by atoms with Gasteiger partial charge in [0.05, 0.1) is 11.1 Å². The molecule has 6 nitrogen and oxygen atoms in total. The molecule has 5 rings (SSSR count). The zero-order valence-corrected chi connectivity index (χ0v) is 19.8. The molecule has 4 heterocycles. The van der Waals surface area contributed by atoms with Gasteiger partial charge in [-0.05, 0) is 76.0 Å². The molecule has 1 aromatic carbocycles. The van der Waals surface area contributed by atoms with E-state index in [0.717, 1.165) is 63.0 Å². The van der Waals surface area contributed by atoms with Crippen LogP contribution in [0.5, 0.6) is 0 Å². The Labute approximate surface area is 196 Å². The Morgan fingerprint density at radius 2 is 1.88 bits per heavy atom. The number of nitrogens with zero attached hydrogens (tertiary/aromatic N) is 4. The molecule has 2 aromatic heterocycles. The highest BCUT2D eigenvalue weighted by atomic mass is 16.5. The molecular formula is C27H34N4O2. The van der Waals surface area contributed by atoms with Gasteiger partial charge in [0.25, 0.3) is 0 Å². The summed E-state index contributed by atoms with van der Waals surface area (Å²) >= 11 is 0. The fraction of sp³-hybridized carbons (Fsp3) is 0.519. The molecule has 0 radical (unpaired) electrons. The topological polar surface area (TPSA) is 59.7 Å². The van der Waals surface area contributed by atoms with E-state index in [4.69, 9.17) is 9.84 Å². The van der Waals surface area contributed by atoms with Crippen molar-refractivity contribution in [3.8, 4) is 0 Å². The molecule has 2 aliphatic rings. The van der Waals surface area contributed by atoms with Gasteiger partial charge in [0, 0.05) is 38.7 Å². The number of benzene rings is 1. The summed E-state index contributed by atoms with van der Waals surface area (Å²) in [6.45, 7) is 7.22. The Morgan fingerprint density at radius 1 is 1.09 bits per heavy atom. The van der Waals surface area contributed by atoms with Crippen LogP contribution in [-0.4, -0.2) is 51.7 Å². The predicted molar refractivity (Wildman–Crippen MR) is 128 cm³/mol. The van der Waals surface area contributed by atoms with Gasteiger partial charge in [-0.15, -0.1) is 0 Å². The highest BCUT2D eigenvalue weighted by molar-refractivity contribution is 5.88. The lowest BCUT2D eigenvalue weighted by molar-refractivity contribution is -0.141. The first kappa shape index (κ1) is 22.1. The van der Waals surface area contributed by atoms with Gasteiger partial charge in [-0.1, -0.05) is 29.3 Å². The van der Waals surface area contributed by atoms with Crippen molar-refractivity contribution in [3.63, 3.8) is 0 Å². The van der Waals surface area contributed by atoms with E-state index in [2.05, 4.69) is 48.0 Å². The van der Waals surface area contributed by atoms with E-state index < -0.39 is 5.41 Å². The Kier molecular flexibility index (Phi) is 6.19. The number of fused-ring (bicyclic) bond motifs is 1. The predicted octanol–water partition coefficient (Wildman–Crippen LogP) is 4.27. The first-order valence-electron chi connectivity index (χ1n) is 12.3. The molecule has 2 fully saturated rings. The largest absolute Gasteiger partial charge is 0.381 e. The van der Waals surface area contributed by atoms with Crippen LogP contribution in [0.1, 0.15) is 54.5 Å². The zero-order valence-electron chi connectivity index (χ0n) is 19.8. The second-order valence-corrected chi connectivity index (χ2v) is 9.92. The maximum Gasteiger partial charge on any atom is 0.233 e. The molecule has 3 aromatic rings. The Bertz CT molecular complexity index is 1110. The monoisotopic (exact) mass is 446 g/mol. The smallest absolute Gasteiger partial charge is 0.233 e. The van der Waals surface area contributed by atoms with Gasteiger partial charge < -0.3 is 9.64 Å². The van der Waals surface area contributed by atoms with Crippen LogP contribution in [0, 0.1) is 19.8 Å². The maximum atomic E-state index is 14.1. The minimum Gasteiger partial charge on any atom is -0.381 e. The Balaban J connectivity index is 1.32. The van der Waals surface area contributed by atoms with E-state index in [9.17, 15) is 4.79 Å². The van der Waals surface area contributed by atoms with E-state index in [1.54, 1.807) is 6.20 Å². The van der Waals surface area contributed by atoms with Crippen LogP contribution in [0.15, 0.2) is 42.7 Å². The third-order valence-electron chi connectivity index (χ3n) is 7.47. The van der Waals surface area contributed by atoms with Crippen molar-refractivity contribution >= 4 is 11.6 Å². The third kappa shape index (κ3) is 4.54. The summed E-state index contributed by atoms with van der Waals surface area (Å²) in [4.78, 5) is 20.5. The fourth-order valence-corrected chi connectivity index (χ4v) is 5.73.